The van der Waals surface area contributed by atoms with Gasteiger partial charge in [0.15, 0.2) is 6.23 Å². The van der Waals surface area contributed by atoms with E-state index in [9.17, 15) is 29.7 Å². The summed E-state index contributed by atoms with van der Waals surface area (Å²) in [4.78, 5) is 42.1. The van der Waals surface area contributed by atoms with Crippen LogP contribution >= 0.6 is 0 Å². The van der Waals surface area contributed by atoms with E-state index in [-0.39, 0.29) is 29.0 Å². The van der Waals surface area contributed by atoms with Crippen LogP contribution in [-0.2, 0) is 0 Å². The first-order valence-electron chi connectivity index (χ1n) is 10.3. The Balaban J connectivity index is 1.72. The van der Waals surface area contributed by atoms with Crippen LogP contribution in [0.3, 0.4) is 0 Å². The largest absolute Gasteiger partial charge is 0.508 e. The van der Waals surface area contributed by atoms with Crippen molar-refractivity contribution >= 4 is 34.2 Å². The molecule has 8 heteroatoms. The molecular formula is C24H20N2O6. The molecule has 2 atom stereocenters. The first kappa shape index (κ1) is 20.2. The lowest BCUT2D eigenvalue weighted by Crippen LogP contribution is -2.47. The fraction of sp³-hybridized carbons (Fsp3) is 0.208. The van der Waals surface area contributed by atoms with Crippen molar-refractivity contribution in [2.75, 3.05) is 11.5 Å². The van der Waals surface area contributed by atoms with Gasteiger partial charge in [-0.15, -0.1) is 0 Å². The number of amides is 3. The molecule has 2 aliphatic heterocycles. The Bertz CT molecular complexity index is 1270. The Kier molecular flexibility index (Phi) is 4.51. The van der Waals surface area contributed by atoms with Crippen LogP contribution in [0, 0.1) is 0 Å². The van der Waals surface area contributed by atoms with Crippen molar-refractivity contribution in [3.05, 3.63) is 70.8 Å². The molecule has 0 saturated carbocycles. The number of carbonyl (C=O) groups is 3. The molecule has 3 aromatic rings. The van der Waals surface area contributed by atoms with Gasteiger partial charge >= 0.3 is 0 Å². The number of aliphatic hydroxyl groups is 2. The zero-order chi connectivity index (χ0) is 22.7. The maximum Gasteiger partial charge on any atom is 0.265 e. The molecule has 0 fully saturated rings. The molecule has 0 saturated heterocycles. The number of phenolic OH excluding ortho intramolecular Hbond substituents is 1. The molecule has 0 radical (unpaired) electrons. The van der Waals surface area contributed by atoms with E-state index in [4.69, 9.17) is 0 Å². The first-order chi connectivity index (χ1) is 15.4. The van der Waals surface area contributed by atoms with E-state index >= 15 is 0 Å². The Hall–Kier alpha value is -3.75. The van der Waals surface area contributed by atoms with Crippen molar-refractivity contribution in [2.24, 2.45) is 0 Å². The van der Waals surface area contributed by atoms with Crippen molar-refractivity contribution in [3.8, 4) is 5.75 Å². The highest BCUT2D eigenvalue weighted by atomic mass is 16.3. The number of aliphatic hydroxyl groups excluding tert-OH is 2. The smallest absolute Gasteiger partial charge is 0.265 e. The summed E-state index contributed by atoms with van der Waals surface area (Å²) in [5.74, 6) is -1.56. The predicted octanol–water partition coefficient (Wildman–Crippen LogP) is 2.56. The minimum Gasteiger partial charge on any atom is -0.508 e. The van der Waals surface area contributed by atoms with Crippen LogP contribution in [0.25, 0.3) is 10.8 Å². The number of imide groups is 1. The molecule has 0 spiro atoms. The van der Waals surface area contributed by atoms with E-state index in [2.05, 4.69) is 0 Å². The van der Waals surface area contributed by atoms with Crippen LogP contribution in [0.1, 0.15) is 56.2 Å². The van der Waals surface area contributed by atoms with Crippen LogP contribution in [0.5, 0.6) is 5.75 Å². The number of hydrogen-bond acceptors (Lipinski definition) is 6. The minimum atomic E-state index is -1.31. The van der Waals surface area contributed by atoms with Crippen LogP contribution in [-0.4, -0.2) is 50.6 Å². The third-order valence-electron chi connectivity index (χ3n) is 6.25. The van der Waals surface area contributed by atoms with Crippen molar-refractivity contribution in [2.45, 2.75) is 25.6 Å². The summed E-state index contributed by atoms with van der Waals surface area (Å²) in [6.45, 7) is 1.51. The average molecular weight is 432 g/mol. The topological polar surface area (TPSA) is 118 Å². The molecule has 0 bridgehead atoms. The van der Waals surface area contributed by atoms with Gasteiger partial charge in [0.2, 0.25) is 0 Å². The number of benzene rings is 3. The van der Waals surface area contributed by atoms with Crippen LogP contribution in [0.2, 0.25) is 0 Å². The maximum atomic E-state index is 13.3. The normalized spacial score (nSPS) is 18.5. The molecule has 3 amide bonds. The summed E-state index contributed by atoms with van der Waals surface area (Å²) in [6.07, 6.45) is -0.858. The van der Waals surface area contributed by atoms with E-state index < -0.39 is 30.0 Å². The highest BCUT2D eigenvalue weighted by Gasteiger charge is 2.41. The SMILES string of the molecule is CCC(CO)N1C(=O)c2ccc3c4c(ccc(c24)C1O)C(=O)N(c1ccc(O)cc1)C3=O. The highest BCUT2D eigenvalue weighted by Crippen LogP contribution is 2.42. The second-order valence-electron chi connectivity index (χ2n) is 7.91. The molecule has 5 rings (SSSR count). The quantitative estimate of drug-likeness (QED) is 0.546. The first-order valence-corrected chi connectivity index (χ1v) is 10.3. The number of nitrogens with zero attached hydrogens (tertiary/aromatic N) is 2. The Morgan fingerprint density at radius 1 is 0.844 bits per heavy atom. The summed E-state index contributed by atoms with van der Waals surface area (Å²) in [5, 5.41) is 31.0. The van der Waals surface area contributed by atoms with Crippen LogP contribution in [0.15, 0.2) is 48.5 Å². The van der Waals surface area contributed by atoms with Crippen LogP contribution < -0.4 is 4.90 Å². The van der Waals surface area contributed by atoms with Gasteiger partial charge in [-0.05, 0) is 48.9 Å². The molecule has 2 aliphatic rings. The van der Waals surface area contributed by atoms with Gasteiger partial charge in [-0.25, -0.2) is 4.90 Å². The summed E-state index contributed by atoms with van der Waals surface area (Å²) in [5.41, 5.74) is 1.49. The summed E-state index contributed by atoms with van der Waals surface area (Å²) >= 11 is 0. The number of phenols is 1. The van der Waals surface area contributed by atoms with Gasteiger partial charge in [-0.1, -0.05) is 13.0 Å². The maximum absolute atomic E-state index is 13.3. The molecule has 2 heterocycles. The summed E-state index contributed by atoms with van der Waals surface area (Å²) < 4.78 is 0. The lowest BCUT2D eigenvalue weighted by atomic mass is 9.85. The molecule has 0 aromatic heterocycles. The number of aromatic hydroxyl groups is 1. The molecule has 8 nitrogen and oxygen atoms in total. The summed E-state index contributed by atoms with van der Waals surface area (Å²) in [6, 6.07) is 11.3. The molecule has 32 heavy (non-hydrogen) atoms. The Morgan fingerprint density at radius 2 is 1.41 bits per heavy atom. The molecule has 162 valence electrons. The third kappa shape index (κ3) is 2.60. The predicted molar refractivity (Wildman–Crippen MR) is 115 cm³/mol. The van der Waals surface area contributed by atoms with Gasteiger partial charge < -0.3 is 20.2 Å². The van der Waals surface area contributed by atoms with E-state index in [1.165, 1.54) is 41.3 Å². The second kappa shape index (κ2) is 7.15. The fourth-order valence-corrected chi connectivity index (χ4v) is 4.62. The van der Waals surface area contributed by atoms with E-state index in [1.54, 1.807) is 12.1 Å². The van der Waals surface area contributed by atoms with Gasteiger partial charge in [0, 0.05) is 33.0 Å². The standard InChI is InChI=1S/C24H20N2O6/c1-2-12(11-27)25-21(29)15-7-9-17-20-18(10-8-16(19(15)20)22(25)30)24(32)26(23(17)31)13-3-5-14(28)6-4-13/h3-10,12,21,27-29H,2,11H2,1H3. The highest BCUT2D eigenvalue weighted by molar-refractivity contribution is 6.37. The molecule has 3 aromatic carbocycles. The van der Waals surface area contributed by atoms with Crippen molar-refractivity contribution in [1.29, 1.82) is 0 Å². The molecular weight excluding hydrogens is 412 g/mol. The molecule has 3 N–H and O–H groups in total. The molecule has 2 unspecified atom stereocenters. The number of rotatable bonds is 4. The van der Waals surface area contributed by atoms with E-state index in [0.717, 1.165) is 4.90 Å². The monoisotopic (exact) mass is 432 g/mol. The van der Waals surface area contributed by atoms with Crippen molar-refractivity contribution in [3.63, 3.8) is 0 Å². The fourth-order valence-electron chi connectivity index (χ4n) is 4.62. The van der Waals surface area contributed by atoms with E-state index in [1.807, 2.05) is 6.92 Å². The van der Waals surface area contributed by atoms with Crippen LogP contribution in [0.4, 0.5) is 5.69 Å². The zero-order valence-electron chi connectivity index (χ0n) is 17.1. The number of hydrogen-bond donors (Lipinski definition) is 3. The lowest BCUT2D eigenvalue weighted by molar-refractivity contribution is -0.0278. The summed E-state index contributed by atoms with van der Waals surface area (Å²) in [7, 11) is 0. The van der Waals surface area contributed by atoms with Gasteiger partial charge in [0.05, 0.1) is 18.3 Å². The molecule has 0 aliphatic carbocycles. The van der Waals surface area contributed by atoms with Crippen molar-refractivity contribution < 1.29 is 29.7 Å². The lowest BCUT2D eigenvalue weighted by Gasteiger charge is -2.39. The third-order valence-corrected chi connectivity index (χ3v) is 6.25. The van der Waals surface area contributed by atoms with Gasteiger partial charge in [-0.3, -0.25) is 14.4 Å². The minimum absolute atomic E-state index is 0.00917. The average Bonchev–Trinajstić information content (AvgIpc) is 2.80. The Morgan fingerprint density at radius 3 is 1.97 bits per heavy atom. The van der Waals surface area contributed by atoms with E-state index in [0.29, 0.717) is 28.4 Å². The van der Waals surface area contributed by atoms with Crippen molar-refractivity contribution in [1.82, 2.24) is 4.90 Å². The second-order valence-corrected chi connectivity index (χ2v) is 7.91. The Labute approximate surface area is 182 Å². The van der Waals surface area contributed by atoms with Gasteiger partial charge in [0.1, 0.15) is 5.75 Å². The van der Waals surface area contributed by atoms with Gasteiger partial charge in [-0.2, -0.15) is 0 Å². The number of anilines is 1. The zero-order valence-corrected chi connectivity index (χ0v) is 17.1. The number of carbonyl (C=O) groups excluding carboxylic acids is 3. The van der Waals surface area contributed by atoms with Gasteiger partial charge in [0.25, 0.3) is 17.7 Å².